The largest absolute Gasteiger partial charge is 0.159 e. The quantitative estimate of drug-likeness (QED) is 0.280. The van der Waals surface area contributed by atoms with Crippen LogP contribution in [0.25, 0.3) is 0 Å². The molecule has 0 N–H and O–H groups in total. The summed E-state index contributed by atoms with van der Waals surface area (Å²) < 4.78 is 0.653. The van der Waals surface area contributed by atoms with Gasteiger partial charge in [0.25, 0.3) is 0 Å². The normalized spacial score (nSPS) is 31.9. The van der Waals surface area contributed by atoms with Crippen LogP contribution in [0.4, 0.5) is 0 Å². The molecule has 0 heterocycles. The predicted octanol–water partition coefficient (Wildman–Crippen LogP) is 9.42. The number of hydrogen-bond acceptors (Lipinski definition) is 1. The average Bonchev–Trinajstić information content (AvgIpc) is 2.72. The maximum absolute atomic E-state index is 2.39. The van der Waals surface area contributed by atoms with Crippen molar-refractivity contribution < 1.29 is 0 Å². The Morgan fingerprint density at radius 2 is 1.22 bits per heavy atom. The van der Waals surface area contributed by atoms with Crippen LogP contribution in [0.3, 0.4) is 0 Å². The van der Waals surface area contributed by atoms with E-state index in [4.69, 9.17) is 0 Å². The molecule has 0 radical (unpaired) electrons. The molecule has 0 saturated heterocycles. The van der Waals surface area contributed by atoms with Gasteiger partial charge in [-0.15, -0.1) is 0 Å². The van der Waals surface area contributed by atoms with E-state index in [2.05, 4.69) is 31.9 Å². The maximum atomic E-state index is 2.39. The molecule has 27 heavy (non-hydrogen) atoms. The summed E-state index contributed by atoms with van der Waals surface area (Å²) in [5.41, 5.74) is 0. The van der Waals surface area contributed by atoms with Crippen molar-refractivity contribution in [1.29, 1.82) is 0 Å². The molecule has 2 saturated carbocycles. The molecule has 0 amide bonds. The van der Waals surface area contributed by atoms with Crippen molar-refractivity contribution in [2.75, 3.05) is 6.26 Å². The first-order valence-electron chi connectivity index (χ1n) is 12.8. The topological polar surface area (TPSA) is 0 Å². The molecule has 0 nitrogen and oxygen atoms in total. The zero-order chi connectivity index (χ0) is 19.4. The maximum Gasteiger partial charge on any atom is 0.0157 e. The molecule has 0 aromatic carbocycles. The standard InChI is InChI=1S/C26H50S/c1-4-6-8-10-11-13-23-14-16-24(17-15-23)25-18-21-26(27-3,22-19-25)20-12-9-7-5-2/h23-25H,4-22H2,1-3H3. The summed E-state index contributed by atoms with van der Waals surface area (Å²) in [6.07, 6.45) is 30.8. The third-order valence-electron chi connectivity index (χ3n) is 8.13. The lowest BCUT2D eigenvalue weighted by Crippen LogP contribution is -2.34. The second kappa shape index (κ2) is 13.6. The van der Waals surface area contributed by atoms with Crippen LogP contribution in [-0.2, 0) is 0 Å². The van der Waals surface area contributed by atoms with Gasteiger partial charge in [-0.1, -0.05) is 90.9 Å². The Kier molecular flexibility index (Phi) is 11.9. The molecule has 0 unspecified atom stereocenters. The molecule has 0 atom stereocenters. The van der Waals surface area contributed by atoms with Gasteiger partial charge in [0.1, 0.15) is 0 Å². The molecule has 2 aliphatic rings. The highest BCUT2D eigenvalue weighted by Gasteiger charge is 2.37. The van der Waals surface area contributed by atoms with Gasteiger partial charge in [0.15, 0.2) is 0 Å². The smallest absolute Gasteiger partial charge is 0.0157 e. The van der Waals surface area contributed by atoms with Crippen LogP contribution in [0.2, 0.25) is 0 Å². The highest BCUT2D eigenvalue weighted by molar-refractivity contribution is 8.00. The van der Waals surface area contributed by atoms with Crippen LogP contribution >= 0.6 is 11.8 Å². The van der Waals surface area contributed by atoms with Gasteiger partial charge in [-0.25, -0.2) is 0 Å². The summed E-state index contributed by atoms with van der Waals surface area (Å²) in [6.45, 7) is 4.65. The zero-order valence-corrected chi connectivity index (χ0v) is 19.9. The minimum atomic E-state index is 0.653. The van der Waals surface area contributed by atoms with Gasteiger partial charge in [-0.2, -0.15) is 11.8 Å². The fourth-order valence-corrected chi connectivity index (χ4v) is 7.05. The van der Waals surface area contributed by atoms with E-state index in [0.29, 0.717) is 4.75 Å². The fraction of sp³-hybridized carbons (Fsp3) is 1.00. The van der Waals surface area contributed by atoms with E-state index < -0.39 is 0 Å². The Morgan fingerprint density at radius 1 is 0.667 bits per heavy atom. The molecular formula is C26H50S. The molecule has 0 bridgehead atoms. The van der Waals surface area contributed by atoms with Crippen LogP contribution < -0.4 is 0 Å². The van der Waals surface area contributed by atoms with Crippen LogP contribution in [0.5, 0.6) is 0 Å². The van der Waals surface area contributed by atoms with E-state index in [1.807, 2.05) is 0 Å². The van der Waals surface area contributed by atoms with Crippen LogP contribution in [0.15, 0.2) is 0 Å². The predicted molar refractivity (Wildman–Crippen MR) is 126 cm³/mol. The highest BCUT2D eigenvalue weighted by atomic mass is 32.2. The number of rotatable bonds is 13. The summed E-state index contributed by atoms with van der Waals surface area (Å²) >= 11 is 2.21. The van der Waals surface area contributed by atoms with Crippen molar-refractivity contribution in [3.8, 4) is 0 Å². The molecule has 0 aromatic rings. The molecule has 0 aliphatic heterocycles. The van der Waals surface area contributed by atoms with E-state index in [1.165, 1.54) is 83.5 Å². The molecule has 2 rings (SSSR count). The zero-order valence-electron chi connectivity index (χ0n) is 19.1. The van der Waals surface area contributed by atoms with Crippen LogP contribution in [0, 0.1) is 17.8 Å². The summed E-state index contributed by atoms with van der Waals surface area (Å²) in [6, 6.07) is 0. The SMILES string of the molecule is CCCCCCCC1CCC(C2CCC(CCCCCC)(SC)CC2)CC1. The fourth-order valence-electron chi connectivity index (χ4n) is 6.05. The second-order valence-electron chi connectivity index (χ2n) is 10.0. The second-order valence-corrected chi connectivity index (χ2v) is 11.3. The molecular weight excluding hydrogens is 344 g/mol. The average molecular weight is 395 g/mol. The van der Waals surface area contributed by atoms with Crippen molar-refractivity contribution >= 4 is 11.8 Å². The van der Waals surface area contributed by atoms with E-state index >= 15 is 0 Å². The van der Waals surface area contributed by atoms with Crippen LogP contribution in [-0.4, -0.2) is 11.0 Å². The summed E-state index contributed by atoms with van der Waals surface area (Å²) in [7, 11) is 0. The Bertz CT molecular complexity index is 347. The molecule has 0 spiro atoms. The van der Waals surface area contributed by atoms with Gasteiger partial charge in [0.05, 0.1) is 0 Å². The van der Waals surface area contributed by atoms with Gasteiger partial charge in [0.2, 0.25) is 0 Å². The first-order chi connectivity index (χ1) is 13.2. The first-order valence-corrected chi connectivity index (χ1v) is 14.0. The van der Waals surface area contributed by atoms with Crippen molar-refractivity contribution in [2.45, 2.75) is 141 Å². The summed E-state index contributed by atoms with van der Waals surface area (Å²) in [5, 5.41) is 0. The Hall–Kier alpha value is 0.350. The molecule has 0 aromatic heterocycles. The molecule has 2 aliphatic carbocycles. The van der Waals surface area contributed by atoms with Crippen molar-refractivity contribution in [3.05, 3.63) is 0 Å². The lowest BCUT2D eigenvalue weighted by Gasteiger charge is -2.43. The van der Waals surface area contributed by atoms with E-state index in [1.54, 1.807) is 38.5 Å². The van der Waals surface area contributed by atoms with Crippen molar-refractivity contribution in [1.82, 2.24) is 0 Å². The Labute approximate surface area is 176 Å². The number of thioether (sulfide) groups is 1. The monoisotopic (exact) mass is 394 g/mol. The Balaban J connectivity index is 1.62. The van der Waals surface area contributed by atoms with Gasteiger partial charge in [-0.05, 0) is 69.0 Å². The minimum absolute atomic E-state index is 0.653. The van der Waals surface area contributed by atoms with Gasteiger partial charge in [-0.3, -0.25) is 0 Å². The third kappa shape index (κ3) is 8.31. The first kappa shape index (κ1) is 23.6. The van der Waals surface area contributed by atoms with Crippen molar-refractivity contribution in [3.63, 3.8) is 0 Å². The molecule has 1 heteroatoms. The third-order valence-corrected chi connectivity index (χ3v) is 9.61. The minimum Gasteiger partial charge on any atom is -0.159 e. The summed E-state index contributed by atoms with van der Waals surface area (Å²) in [4.78, 5) is 0. The number of unbranched alkanes of at least 4 members (excludes halogenated alkanes) is 7. The number of hydrogen-bond donors (Lipinski definition) is 0. The van der Waals surface area contributed by atoms with Crippen molar-refractivity contribution in [2.24, 2.45) is 17.8 Å². The van der Waals surface area contributed by atoms with E-state index in [0.717, 1.165) is 17.8 Å². The lowest BCUT2D eigenvalue weighted by atomic mass is 9.68. The van der Waals surface area contributed by atoms with Gasteiger partial charge < -0.3 is 0 Å². The lowest BCUT2D eigenvalue weighted by molar-refractivity contribution is 0.148. The summed E-state index contributed by atoms with van der Waals surface area (Å²) in [5.74, 6) is 3.24. The van der Waals surface area contributed by atoms with E-state index in [9.17, 15) is 0 Å². The molecule has 160 valence electrons. The van der Waals surface area contributed by atoms with Gasteiger partial charge >= 0.3 is 0 Å². The van der Waals surface area contributed by atoms with Gasteiger partial charge in [0, 0.05) is 4.75 Å². The Morgan fingerprint density at radius 3 is 1.81 bits per heavy atom. The van der Waals surface area contributed by atoms with Crippen LogP contribution in [0.1, 0.15) is 136 Å². The molecule has 2 fully saturated rings. The van der Waals surface area contributed by atoms with E-state index in [-0.39, 0.29) is 0 Å². The highest BCUT2D eigenvalue weighted by Crippen LogP contribution is 2.48.